The van der Waals surface area contributed by atoms with E-state index in [0.717, 1.165) is 94.5 Å². The van der Waals surface area contributed by atoms with Gasteiger partial charge in [-0.25, -0.2) is 14.7 Å². The second kappa shape index (κ2) is 12.2. The van der Waals surface area contributed by atoms with E-state index in [9.17, 15) is 0 Å². The highest BCUT2D eigenvalue weighted by Gasteiger charge is 2.26. The highest BCUT2D eigenvalue weighted by molar-refractivity contribution is 5.88. The van der Waals surface area contributed by atoms with Crippen LogP contribution in [0.1, 0.15) is 31.5 Å². The van der Waals surface area contributed by atoms with Crippen molar-refractivity contribution >= 4 is 29.2 Å². The number of likely N-dealkylation sites (N-methyl/N-ethyl adjacent to an activating group) is 1. The molecule has 202 valence electrons. The summed E-state index contributed by atoms with van der Waals surface area (Å²) in [5.74, 6) is 1.03. The van der Waals surface area contributed by atoms with Crippen molar-refractivity contribution in [1.82, 2.24) is 34.4 Å². The molecule has 2 aromatic heterocycles. The maximum atomic E-state index is 5.86. The molecule has 37 heavy (non-hydrogen) atoms. The molecular weight excluding hydrogens is 470 g/mol. The third-order valence-electron chi connectivity index (χ3n) is 7.54. The first-order chi connectivity index (χ1) is 18.1. The van der Waals surface area contributed by atoms with Crippen molar-refractivity contribution in [2.24, 2.45) is 15.7 Å². The number of hydrogen-bond acceptors (Lipinski definition) is 9. The lowest BCUT2D eigenvalue weighted by Gasteiger charge is -2.39. The summed E-state index contributed by atoms with van der Waals surface area (Å²) in [6.07, 6.45) is 6.39. The van der Waals surface area contributed by atoms with Gasteiger partial charge in [-0.2, -0.15) is 10.1 Å². The molecule has 0 saturated carbocycles. The molecule has 3 aliphatic heterocycles. The first-order valence-electron chi connectivity index (χ1n) is 13.6. The van der Waals surface area contributed by atoms with Gasteiger partial charge >= 0.3 is 0 Å². The number of piperidine rings is 1. The van der Waals surface area contributed by atoms with Crippen LogP contribution in [-0.4, -0.2) is 132 Å². The molecule has 5 heterocycles. The molecule has 5 rings (SSSR count). The largest absolute Gasteiger partial charge is 0.378 e. The lowest BCUT2D eigenvalue weighted by atomic mass is 10.1. The average molecular weight is 512 g/mol. The van der Waals surface area contributed by atoms with Gasteiger partial charge in [0.15, 0.2) is 5.65 Å². The molecular formula is C25H41N11O. The van der Waals surface area contributed by atoms with Gasteiger partial charge in [0.05, 0.1) is 43.2 Å². The average Bonchev–Trinajstić information content (AvgIpc) is 3.35. The van der Waals surface area contributed by atoms with E-state index in [1.54, 1.807) is 6.21 Å². The van der Waals surface area contributed by atoms with Gasteiger partial charge in [0, 0.05) is 71.5 Å². The SMILES string of the molecule is CCN=C(N)N=CCc1nc(N2CCOCC2)nc2c1cnn2C1CCN(CN2CCN(C)CC2)CC1. The lowest BCUT2D eigenvalue weighted by molar-refractivity contribution is 0.0634. The second-order valence-corrected chi connectivity index (χ2v) is 10.2. The Bertz CT molecular complexity index is 1080. The fourth-order valence-electron chi connectivity index (χ4n) is 5.30. The molecule has 0 spiro atoms. The van der Waals surface area contributed by atoms with Crippen molar-refractivity contribution in [2.75, 3.05) is 90.7 Å². The van der Waals surface area contributed by atoms with Crippen molar-refractivity contribution in [3.63, 3.8) is 0 Å². The third kappa shape index (κ3) is 6.43. The van der Waals surface area contributed by atoms with Crippen molar-refractivity contribution in [2.45, 2.75) is 32.2 Å². The quantitative estimate of drug-likeness (QED) is 0.418. The van der Waals surface area contributed by atoms with Crippen molar-refractivity contribution in [3.8, 4) is 0 Å². The van der Waals surface area contributed by atoms with Gasteiger partial charge in [0.1, 0.15) is 0 Å². The molecule has 0 atom stereocenters. The summed E-state index contributed by atoms with van der Waals surface area (Å²) < 4.78 is 7.69. The van der Waals surface area contributed by atoms with Gasteiger partial charge in [-0.1, -0.05) is 0 Å². The summed E-state index contributed by atoms with van der Waals surface area (Å²) in [5.41, 5.74) is 7.68. The molecule has 0 aromatic carbocycles. The number of anilines is 1. The Balaban J connectivity index is 1.33. The number of likely N-dealkylation sites (tertiary alicyclic amines) is 1. The summed E-state index contributed by atoms with van der Waals surface area (Å²) >= 11 is 0. The van der Waals surface area contributed by atoms with E-state index in [2.05, 4.69) is 41.3 Å². The fraction of sp³-hybridized carbons (Fsp3) is 0.720. The molecule has 0 unspecified atom stereocenters. The van der Waals surface area contributed by atoms with Crippen molar-refractivity contribution in [1.29, 1.82) is 0 Å². The predicted octanol–water partition coefficient (Wildman–Crippen LogP) is 0.453. The molecule has 3 saturated heterocycles. The van der Waals surface area contributed by atoms with E-state index in [0.29, 0.717) is 38.2 Å². The Morgan fingerprint density at radius 2 is 1.78 bits per heavy atom. The number of morpholine rings is 1. The molecule has 3 aliphatic rings. The first-order valence-corrected chi connectivity index (χ1v) is 13.6. The molecule has 0 bridgehead atoms. The minimum absolute atomic E-state index is 0.292. The zero-order chi connectivity index (χ0) is 25.6. The minimum Gasteiger partial charge on any atom is -0.378 e. The lowest BCUT2D eigenvalue weighted by Crippen LogP contribution is -2.50. The van der Waals surface area contributed by atoms with Crippen LogP contribution >= 0.6 is 0 Å². The number of fused-ring (bicyclic) bond motifs is 1. The van der Waals surface area contributed by atoms with Crippen molar-refractivity contribution < 1.29 is 4.74 Å². The Labute approximate surface area is 219 Å². The van der Waals surface area contributed by atoms with Crippen LogP contribution in [0.15, 0.2) is 16.2 Å². The molecule has 0 aliphatic carbocycles. The number of nitrogens with two attached hydrogens (primary N) is 1. The number of rotatable bonds is 7. The van der Waals surface area contributed by atoms with E-state index in [-0.39, 0.29) is 0 Å². The topological polar surface area (TPSA) is 117 Å². The van der Waals surface area contributed by atoms with Crippen LogP contribution in [0.5, 0.6) is 0 Å². The van der Waals surface area contributed by atoms with Crippen LogP contribution in [0.2, 0.25) is 0 Å². The first kappa shape index (κ1) is 26.0. The zero-order valence-corrected chi connectivity index (χ0v) is 22.3. The summed E-state index contributed by atoms with van der Waals surface area (Å²) in [5, 5.41) is 5.81. The number of aliphatic imine (C=N–C) groups is 2. The van der Waals surface area contributed by atoms with E-state index in [1.165, 1.54) is 0 Å². The van der Waals surface area contributed by atoms with Crippen LogP contribution in [0.3, 0.4) is 0 Å². The van der Waals surface area contributed by atoms with E-state index < -0.39 is 0 Å². The summed E-state index contributed by atoms with van der Waals surface area (Å²) in [6, 6.07) is 0.336. The minimum atomic E-state index is 0.292. The number of piperazine rings is 1. The Morgan fingerprint density at radius 3 is 2.51 bits per heavy atom. The molecule has 12 heteroatoms. The molecule has 0 radical (unpaired) electrons. The van der Waals surface area contributed by atoms with Crippen LogP contribution in [-0.2, 0) is 11.2 Å². The molecule has 12 nitrogen and oxygen atoms in total. The van der Waals surface area contributed by atoms with Gasteiger partial charge in [-0.15, -0.1) is 0 Å². The second-order valence-electron chi connectivity index (χ2n) is 10.2. The number of nitrogens with zero attached hydrogens (tertiary/aromatic N) is 10. The van der Waals surface area contributed by atoms with Gasteiger partial charge in [0.2, 0.25) is 11.9 Å². The normalized spacial score (nSPS) is 22.0. The predicted molar refractivity (Wildman–Crippen MR) is 146 cm³/mol. The standard InChI is InChI=1S/C25H41N11O/c1-3-27-24(26)28-7-4-22-21-18-29-36(23(21)31-25(30-22)35-14-16-37-17-15-35)20-5-8-33(9-6-20)19-34-12-10-32(2)11-13-34/h7,18,20H,3-6,8-17,19H2,1-2H3,(H2,26,27). The molecule has 2 N–H and O–H groups in total. The van der Waals surface area contributed by atoms with Gasteiger partial charge in [-0.05, 0) is 26.8 Å². The summed E-state index contributed by atoms with van der Waals surface area (Å²) in [7, 11) is 2.21. The third-order valence-corrected chi connectivity index (χ3v) is 7.54. The van der Waals surface area contributed by atoms with Gasteiger partial charge in [-0.3, -0.25) is 14.8 Å². The fourth-order valence-corrected chi connectivity index (χ4v) is 5.30. The van der Waals surface area contributed by atoms with Crippen LogP contribution < -0.4 is 10.6 Å². The summed E-state index contributed by atoms with van der Waals surface area (Å²) in [4.78, 5) is 28.2. The molecule has 2 aromatic rings. The maximum Gasteiger partial charge on any atom is 0.227 e. The molecule has 0 amide bonds. The number of aromatic nitrogens is 4. The smallest absolute Gasteiger partial charge is 0.227 e. The Hall–Kier alpha value is -2.67. The van der Waals surface area contributed by atoms with Crippen molar-refractivity contribution in [3.05, 3.63) is 11.9 Å². The van der Waals surface area contributed by atoms with E-state index in [4.69, 9.17) is 25.5 Å². The number of ether oxygens (including phenoxy) is 1. The Kier molecular flexibility index (Phi) is 8.59. The monoisotopic (exact) mass is 511 g/mol. The van der Waals surface area contributed by atoms with E-state index >= 15 is 0 Å². The highest BCUT2D eigenvalue weighted by Crippen LogP contribution is 2.28. The van der Waals surface area contributed by atoms with Crippen LogP contribution in [0, 0.1) is 0 Å². The maximum absolute atomic E-state index is 5.86. The molecule has 3 fully saturated rings. The number of guanidine groups is 1. The van der Waals surface area contributed by atoms with Crippen LogP contribution in [0.4, 0.5) is 5.95 Å². The van der Waals surface area contributed by atoms with Gasteiger partial charge < -0.3 is 20.3 Å². The summed E-state index contributed by atoms with van der Waals surface area (Å²) in [6.45, 7) is 13.4. The zero-order valence-electron chi connectivity index (χ0n) is 22.3. The van der Waals surface area contributed by atoms with E-state index in [1.807, 2.05) is 13.1 Å². The van der Waals surface area contributed by atoms with Crippen LogP contribution in [0.25, 0.3) is 11.0 Å². The Morgan fingerprint density at radius 1 is 1.05 bits per heavy atom. The van der Waals surface area contributed by atoms with Gasteiger partial charge in [0.25, 0.3) is 0 Å². The number of hydrogen-bond donors (Lipinski definition) is 1. The highest BCUT2D eigenvalue weighted by atomic mass is 16.5.